The zero-order valence-corrected chi connectivity index (χ0v) is 40.2. The molecular weight excluding hydrogens is 873 g/mol. The van der Waals surface area contributed by atoms with Gasteiger partial charge in [0.15, 0.2) is 0 Å². The van der Waals surface area contributed by atoms with Crippen LogP contribution in [0.1, 0.15) is 11.1 Å². The Morgan fingerprint density at radius 3 is 1.03 bits per heavy atom. The van der Waals surface area contributed by atoms with Gasteiger partial charge >= 0.3 is 0 Å². The first-order valence-corrected chi connectivity index (χ1v) is 24.7. The van der Waals surface area contributed by atoms with Crippen molar-refractivity contribution < 1.29 is 0 Å². The van der Waals surface area contributed by atoms with E-state index in [1.54, 1.807) is 0 Å². The Balaban J connectivity index is 0.971. The average Bonchev–Trinajstić information content (AvgIpc) is 4.00. The number of anilines is 6. The molecule has 72 heavy (non-hydrogen) atoms. The quantitative estimate of drug-likeness (QED) is 0.136. The molecule has 0 aliphatic heterocycles. The second-order valence-electron chi connectivity index (χ2n) is 18.8. The fourth-order valence-electron chi connectivity index (χ4n) is 10.7. The zero-order valence-electron chi connectivity index (χ0n) is 40.2. The second-order valence-corrected chi connectivity index (χ2v) is 18.8. The standard InChI is InChI=1S/C68H50N4/c1-47-27-31-51(32-28-47)65-43-53-45-68-54(46-67(53)71(65)59-39-35-57(36-40-59)69(55-19-5-3-6-20-55)63-25-13-17-49-15-9-11-23-61(49)63)44-66(52-33-29-48(2)30-34-52)72(68)60-41-37-58(38-42-60)70(56-21-7-4-8-22-56)64-26-14-18-50-16-10-12-24-62(50)64/h3-46H,1-2H3. The van der Waals surface area contributed by atoms with Crippen molar-refractivity contribution in [3.8, 4) is 33.9 Å². The smallest absolute Gasteiger partial charge is 0.0542 e. The number of nitrogens with zero attached hydrogens (tertiary/aromatic N) is 4. The van der Waals surface area contributed by atoms with Crippen LogP contribution in [0.2, 0.25) is 0 Å². The summed E-state index contributed by atoms with van der Waals surface area (Å²) in [5, 5.41) is 7.17. The minimum absolute atomic E-state index is 1.09. The molecule has 2 aromatic heterocycles. The summed E-state index contributed by atoms with van der Waals surface area (Å²) < 4.78 is 4.88. The average molecular weight is 923 g/mol. The normalized spacial score (nSPS) is 11.5. The number of fused-ring (bicyclic) bond motifs is 4. The summed E-state index contributed by atoms with van der Waals surface area (Å²) in [5.74, 6) is 0. The first kappa shape index (κ1) is 42.7. The number of hydrogen-bond donors (Lipinski definition) is 0. The van der Waals surface area contributed by atoms with Crippen molar-refractivity contribution in [1.29, 1.82) is 0 Å². The van der Waals surface area contributed by atoms with Gasteiger partial charge in [-0.2, -0.15) is 0 Å². The fourth-order valence-corrected chi connectivity index (χ4v) is 10.7. The van der Waals surface area contributed by atoms with Crippen LogP contribution in [0.4, 0.5) is 34.1 Å². The summed E-state index contributed by atoms with van der Waals surface area (Å²) in [6, 6.07) is 97.3. The molecule has 0 radical (unpaired) electrons. The Labute approximate surface area is 420 Å². The van der Waals surface area contributed by atoms with Crippen LogP contribution in [0.25, 0.3) is 77.2 Å². The van der Waals surface area contributed by atoms with E-state index in [0.29, 0.717) is 0 Å². The zero-order chi connectivity index (χ0) is 48.1. The van der Waals surface area contributed by atoms with Crippen LogP contribution >= 0.6 is 0 Å². The van der Waals surface area contributed by atoms with E-state index in [0.717, 1.165) is 67.9 Å². The van der Waals surface area contributed by atoms with Gasteiger partial charge in [-0.05, 0) is 145 Å². The Kier molecular flexibility index (Phi) is 10.6. The van der Waals surface area contributed by atoms with Gasteiger partial charge in [-0.3, -0.25) is 0 Å². The van der Waals surface area contributed by atoms with Crippen molar-refractivity contribution in [2.24, 2.45) is 0 Å². The van der Waals surface area contributed by atoms with Gasteiger partial charge < -0.3 is 18.9 Å². The van der Waals surface area contributed by atoms with Gasteiger partial charge in [0.05, 0.1) is 33.8 Å². The molecule has 0 saturated heterocycles. The lowest BCUT2D eigenvalue weighted by molar-refractivity contribution is 1.13. The first-order valence-electron chi connectivity index (χ1n) is 24.7. The molecule has 13 aromatic rings. The lowest BCUT2D eigenvalue weighted by Gasteiger charge is -2.27. The van der Waals surface area contributed by atoms with Gasteiger partial charge in [-0.1, -0.05) is 169 Å². The number of aryl methyl sites for hydroxylation is 2. The van der Waals surface area contributed by atoms with Crippen LogP contribution < -0.4 is 9.80 Å². The first-order chi connectivity index (χ1) is 35.5. The number of rotatable bonds is 10. The lowest BCUT2D eigenvalue weighted by Crippen LogP contribution is -2.10. The highest BCUT2D eigenvalue weighted by Gasteiger charge is 2.21. The summed E-state index contributed by atoms with van der Waals surface area (Å²) in [4.78, 5) is 4.74. The van der Waals surface area contributed by atoms with E-state index < -0.39 is 0 Å². The molecule has 0 atom stereocenters. The molecule has 0 aliphatic rings. The molecular formula is C68H50N4. The third kappa shape index (κ3) is 7.58. The predicted octanol–water partition coefficient (Wildman–Crippen LogP) is 18.8. The Morgan fingerprint density at radius 1 is 0.278 bits per heavy atom. The second kappa shape index (κ2) is 17.9. The summed E-state index contributed by atoms with van der Waals surface area (Å²) in [7, 11) is 0. The summed E-state index contributed by atoms with van der Waals surface area (Å²) in [6.45, 7) is 4.30. The molecule has 2 heterocycles. The molecule has 0 N–H and O–H groups in total. The van der Waals surface area contributed by atoms with E-state index in [1.165, 1.54) is 54.6 Å². The van der Waals surface area contributed by atoms with Crippen molar-refractivity contribution in [2.45, 2.75) is 13.8 Å². The molecule has 0 amide bonds. The molecule has 0 unspecified atom stereocenters. The fraction of sp³-hybridized carbons (Fsp3) is 0.0294. The Bertz CT molecular complexity index is 3790. The van der Waals surface area contributed by atoms with E-state index in [4.69, 9.17) is 0 Å². The largest absolute Gasteiger partial charge is 0.310 e. The molecule has 0 aliphatic carbocycles. The van der Waals surface area contributed by atoms with Crippen LogP contribution in [0.15, 0.2) is 267 Å². The molecule has 4 nitrogen and oxygen atoms in total. The van der Waals surface area contributed by atoms with Crippen molar-refractivity contribution >= 4 is 77.5 Å². The van der Waals surface area contributed by atoms with Crippen LogP contribution in [-0.4, -0.2) is 9.13 Å². The van der Waals surface area contributed by atoms with Crippen molar-refractivity contribution in [3.63, 3.8) is 0 Å². The van der Waals surface area contributed by atoms with E-state index in [2.05, 4.69) is 300 Å². The summed E-state index contributed by atoms with van der Waals surface area (Å²) in [6.07, 6.45) is 0. The van der Waals surface area contributed by atoms with Crippen molar-refractivity contribution in [3.05, 3.63) is 278 Å². The third-order valence-electron chi connectivity index (χ3n) is 14.2. The maximum atomic E-state index is 2.44. The third-order valence-corrected chi connectivity index (χ3v) is 14.2. The van der Waals surface area contributed by atoms with Gasteiger partial charge in [0.1, 0.15) is 0 Å². The molecule has 342 valence electrons. The maximum absolute atomic E-state index is 2.44. The molecule has 0 saturated carbocycles. The van der Waals surface area contributed by atoms with Crippen molar-refractivity contribution in [2.75, 3.05) is 9.80 Å². The Hall–Kier alpha value is -9.38. The topological polar surface area (TPSA) is 16.3 Å². The SMILES string of the molecule is Cc1ccc(-c2cc3cc4c(cc(-c5ccc(C)cc5)n4-c4ccc(N(c5ccccc5)c5cccc6ccccc56)cc4)cc3n2-c2ccc(N(c3ccccc3)c3cccc4ccccc34)cc2)cc1. The highest BCUT2D eigenvalue weighted by Crippen LogP contribution is 2.43. The molecule has 0 fully saturated rings. The Morgan fingerprint density at radius 2 is 0.625 bits per heavy atom. The highest BCUT2D eigenvalue weighted by atomic mass is 15.2. The van der Waals surface area contributed by atoms with E-state index in [1.807, 2.05) is 0 Å². The number of benzene rings is 11. The van der Waals surface area contributed by atoms with Gasteiger partial charge in [0.2, 0.25) is 0 Å². The van der Waals surface area contributed by atoms with Gasteiger partial charge in [-0.15, -0.1) is 0 Å². The number of para-hydroxylation sites is 2. The number of aromatic nitrogens is 2. The van der Waals surface area contributed by atoms with Crippen LogP contribution in [0, 0.1) is 13.8 Å². The maximum Gasteiger partial charge on any atom is 0.0542 e. The lowest BCUT2D eigenvalue weighted by atomic mass is 10.1. The minimum Gasteiger partial charge on any atom is -0.310 e. The molecule has 13 rings (SSSR count). The van der Waals surface area contributed by atoms with Gasteiger partial charge in [0.25, 0.3) is 0 Å². The molecule has 4 heteroatoms. The summed E-state index contributed by atoms with van der Waals surface area (Å²) in [5.41, 5.74) is 18.3. The van der Waals surface area contributed by atoms with Crippen LogP contribution in [0.5, 0.6) is 0 Å². The molecule has 11 aromatic carbocycles. The summed E-state index contributed by atoms with van der Waals surface area (Å²) >= 11 is 0. The van der Waals surface area contributed by atoms with E-state index in [9.17, 15) is 0 Å². The van der Waals surface area contributed by atoms with Gasteiger partial charge in [0, 0.05) is 55.7 Å². The monoisotopic (exact) mass is 922 g/mol. The van der Waals surface area contributed by atoms with E-state index >= 15 is 0 Å². The van der Waals surface area contributed by atoms with Crippen LogP contribution in [-0.2, 0) is 0 Å². The van der Waals surface area contributed by atoms with Gasteiger partial charge in [-0.25, -0.2) is 0 Å². The highest BCUT2D eigenvalue weighted by molar-refractivity contribution is 6.04. The predicted molar refractivity (Wildman–Crippen MR) is 305 cm³/mol. The molecule has 0 bridgehead atoms. The minimum atomic E-state index is 1.09. The van der Waals surface area contributed by atoms with Crippen molar-refractivity contribution in [1.82, 2.24) is 9.13 Å². The van der Waals surface area contributed by atoms with E-state index in [-0.39, 0.29) is 0 Å². The molecule has 0 spiro atoms. The number of hydrogen-bond acceptors (Lipinski definition) is 2. The van der Waals surface area contributed by atoms with Crippen LogP contribution in [0.3, 0.4) is 0 Å².